The fourth-order valence-electron chi connectivity index (χ4n) is 1.99. The van der Waals surface area contributed by atoms with Crippen molar-refractivity contribution in [3.8, 4) is 0 Å². The number of nitrogens with zero attached hydrogens (tertiary/aromatic N) is 1. The maximum absolute atomic E-state index is 11.9. The van der Waals surface area contributed by atoms with Gasteiger partial charge >= 0.3 is 6.03 Å². The Bertz CT molecular complexity index is 279. The summed E-state index contributed by atoms with van der Waals surface area (Å²) in [6.45, 7) is 2.84. The number of aliphatic hydroxyl groups is 1. The van der Waals surface area contributed by atoms with Crippen molar-refractivity contribution in [3.63, 3.8) is 0 Å². The van der Waals surface area contributed by atoms with E-state index in [2.05, 4.69) is 5.32 Å². The lowest BCUT2D eigenvalue weighted by Gasteiger charge is -2.31. The number of carbonyl (C=O) groups excluding carboxylic acids is 2. The first-order valence-corrected chi connectivity index (χ1v) is 6.04. The zero-order valence-electron chi connectivity index (χ0n) is 10.2. The lowest BCUT2D eigenvalue weighted by Crippen LogP contribution is -2.49. The van der Waals surface area contributed by atoms with E-state index in [0.29, 0.717) is 19.5 Å². The van der Waals surface area contributed by atoms with Gasteiger partial charge in [0.05, 0.1) is 18.6 Å². The second-order valence-electron chi connectivity index (χ2n) is 4.42. The summed E-state index contributed by atoms with van der Waals surface area (Å²) in [6, 6.07) is -0.678. The molecule has 1 saturated heterocycles. The van der Waals surface area contributed by atoms with Crippen molar-refractivity contribution in [2.45, 2.75) is 32.2 Å². The van der Waals surface area contributed by atoms with Gasteiger partial charge in [0.2, 0.25) is 5.91 Å². The van der Waals surface area contributed by atoms with Crippen LogP contribution in [0.25, 0.3) is 0 Å². The molecule has 0 aromatic carbocycles. The summed E-state index contributed by atoms with van der Waals surface area (Å²) in [5.74, 6) is -0.311. The van der Waals surface area contributed by atoms with Crippen LogP contribution in [0.1, 0.15) is 26.2 Å². The van der Waals surface area contributed by atoms with E-state index in [1.54, 1.807) is 0 Å². The first kappa shape index (κ1) is 13.8. The van der Waals surface area contributed by atoms with E-state index in [4.69, 9.17) is 10.8 Å². The third-order valence-corrected chi connectivity index (χ3v) is 3.16. The molecule has 0 bridgehead atoms. The molecule has 98 valence electrons. The van der Waals surface area contributed by atoms with Crippen LogP contribution in [0.3, 0.4) is 0 Å². The van der Waals surface area contributed by atoms with Crippen LogP contribution in [0.4, 0.5) is 4.79 Å². The molecule has 0 radical (unpaired) electrons. The summed E-state index contributed by atoms with van der Waals surface area (Å²) in [7, 11) is 0. The molecule has 0 aromatic rings. The van der Waals surface area contributed by atoms with E-state index in [1.165, 1.54) is 4.90 Å². The average Bonchev–Trinajstić information content (AvgIpc) is 2.35. The fraction of sp³-hybridized carbons (Fsp3) is 0.818. The van der Waals surface area contributed by atoms with Crippen LogP contribution in [-0.2, 0) is 4.79 Å². The normalized spacial score (nSPS) is 22.0. The van der Waals surface area contributed by atoms with Crippen LogP contribution in [0.5, 0.6) is 0 Å². The Morgan fingerprint density at radius 3 is 2.82 bits per heavy atom. The molecule has 2 atom stereocenters. The summed E-state index contributed by atoms with van der Waals surface area (Å²) in [5.41, 5.74) is 5.20. The molecule has 1 rings (SSSR count). The smallest absolute Gasteiger partial charge is 0.314 e. The molecule has 1 fully saturated rings. The van der Waals surface area contributed by atoms with Crippen molar-refractivity contribution in [3.05, 3.63) is 0 Å². The van der Waals surface area contributed by atoms with Gasteiger partial charge in [-0.15, -0.1) is 0 Å². The van der Waals surface area contributed by atoms with Gasteiger partial charge in [0.25, 0.3) is 0 Å². The fourth-order valence-corrected chi connectivity index (χ4v) is 1.99. The Morgan fingerprint density at radius 2 is 2.29 bits per heavy atom. The molecule has 1 heterocycles. The van der Waals surface area contributed by atoms with Gasteiger partial charge < -0.3 is 21.1 Å². The van der Waals surface area contributed by atoms with Gasteiger partial charge in [-0.3, -0.25) is 4.79 Å². The maximum Gasteiger partial charge on any atom is 0.314 e. The summed E-state index contributed by atoms with van der Waals surface area (Å²) in [4.78, 5) is 24.4. The minimum atomic E-state index is -0.475. The predicted octanol–water partition coefficient (Wildman–Crippen LogP) is -0.336. The summed E-state index contributed by atoms with van der Waals surface area (Å²) < 4.78 is 0. The molecule has 0 aliphatic carbocycles. The zero-order chi connectivity index (χ0) is 12.8. The van der Waals surface area contributed by atoms with E-state index < -0.39 is 6.03 Å². The Morgan fingerprint density at radius 1 is 1.59 bits per heavy atom. The maximum atomic E-state index is 11.9. The molecule has 4 N–H and O–H groups in total. The number of urea groups is 1. The van der Waals surface area contributed by atoms with Crippen molar-refractivity contribution in [1.29, 1.82) is 0 Å². The molecule has 3 amide bonds. The van der Waals surface area contributed by atoms with Crippen LogP contribution in [-0.4, -0.2) is 47.7 Å². The number of rotatable bonds is 4. The molecule has 17 heavy (non-hydrogen) atoms. The number of amides is 3. The molecule has 2 unspecified atom stereocenters. The van der Waals surface area contributed by atoms with E-state index in [9.17, 15) is 9.59 Å². The highest BCUT2D eigenvalue weighted by Crippen LogP contribution is 2.16. The molecule has 6 nitrogen and oxygen atoms in total. The van der Waals surface area contributed by atoms with Gasteiger partial charge in [-0.1, -0.05) is 6.92 Å². The third-order valence-electron chi connectivity index (χ3n) is 3.16. The van der Waals surface area contributed by atoms with Gasteiger partial charge in [-0.05, 0) is 19.3 Å². The summed E-state index contributed by atoms with van der Waals surface area (Å²) in [5, 5.41) is 11.8. The number of piperidine rings is 1. The van der Waals surface area contributed by atoms with Crippen LogP contribution in [0.15, 0.2) is 0 Å². The molecule has 0 aromatic heterocycles. The number of likely N-dealkylation sites (tertiary alicyclic amines) is 1. The molecule has 0 spiro atoms. The summed E-state index contributed by atoms with van der Waals surface area (Å²) >= 11 is 0. The monoisotopic (exact) mass is 243 g/mol. The molecule has 1 aliphatic rings. The minimum Gasteiger partial charge on any atom is -0.394 e. The average molecular weight is 243 g/mol. The zero-order valence-corrected chi connectivity index (χ0v) is 10.2. The first-order valence-electron chi connectivity index (χ1n) is 6.04. The number of nitrogens with one attached hydrogen (secondary N) is 1. The van der Waals surface area contributed by atoms with Crippen LogP contribution < -0.4 is 11.1 Å². The third kappa shape index (κ3) is 3.89. The standard InChI is InChI=1S/C11H21N3O3/c1-2-9(7-15)13-10(16)8-4-3-5-14(6-8)11(12)17/h8-9,15H,2-7H2,1H3,(H2,12,17)(H,13,16). The topological polar surface area (TPSA) is 95.7 Å². The Balaban J connectivity index is 2.48. The Hall–Kier alpha value is -1.30. The van der Waals surface area contributed by atoms with Crippen molar-refractivity contribution >= 4 is 11.9 Å². The SMILES string of the molecule is CCC(CO)NC(=O)C1CCCN(C(N)=O)C1. The largest absolute Gasteiger partial charge is 0.394 e. The van der Waals surface area contributed by atoms with Crippen molar-refractivity contribution < 1.29 is 14.7 Å². The van der Waals surface area contributed by atoms with Gasteiger partial charge in [0, 0.05) is 13.1 Å². The van der Waals surface area contributed by atoms with Gasteiger partial charge in [-0.25, -0.2) is 4.79 Å². The number of hydrogen-bond donors (Lipinski definition) is 3. The van der Waals surface area contributed by atoms with E-state index in [0.717, 1.165) is 12.8 Å². The summed E-state index contributed by atoms with van der Waals surface area (Å²) in [6.07, 6.45) is 2.24. The first-order chi connectivity index (χ1) is 8.08. The van der Waals surface area contributed by atoms with Gasteiger partial charge in [0.1, 0.15) is 0 Å². The van der Waals surface area contributed by atoms with Crippen molar-refractivity contribution in [2.75, 3.05) is 19.7 Å². The molecule has 0 saturated carbocycles. The van der Waals surface area contributed by atoms with Gasteiger partial charge in [0.15, 0.2) is 0 Å². The second kappa shape index (κ2) is 6.44. The molecule has 1 aliphatic heterocycles. The molecular formula is C11H21N3O3. The number of nitrogens with two attached hydrogens (primary N) is 1. The predicted molar refractivity (Wildman–Crippen MR) is 63.2 cm³/mol. The number of primary amides is 1. The number of carbonyl (C=O) groups is 2. The Kier molecular flexibility index (Phi) is 5.21. The van der Waals surface area contributed by atoms with Crippen molar-refractivity contribution in [2.24, 2.45) is 11.7 Å². The molecule has 6 heteroatoms. The lowest BCUT2D eigenvalue weighted by molar-refractivity contribution is -0.127. The quantitative estimate of drug-likeness (QED) is 0.630. The van der Waals surface area contributed by atoms with Crippen LogP contribution in [0.2, 0.25) is 0 Å². The van der Waals surface area contributed by atoms with Crippen LogP contribution in [0, 0.1) is 5.92 Å². The highest BCUT2D eigenvalue weighted by atomic mass is 16.3. The highest BCUT2D eigenvalue weighted by molar-refractivity contribution is 5.80. The van der Waals surface area contributed by atoms with E-state index in [-0.39, 0.29) is 24.5 Å². The van der Waals surface area contributed by atoms with E-state index in [1.807, 2.05) is 6.92 Å². The lowest BCUT2D eigenvalue weighted by atomic mass is 9.97. The van der Waals surface area contributed by atoms with Crippen LogP contribution >= 0.6 is 0 Å². The van der Waals surface area contributed by atoms with Gasteiger partial charge in [-0.2, -0.15) is 0 Å². The highest BCUT2D eigenvalue weighted by Gasteiger charge is 2.28. The number of aliphatic hydroxyl groups excluding tert-OH is 1. The minimum absolute atomic E-state index is 0.0610. The Labute approximate surface area is 101 Å². The number of hydrogen-bond acceptors (Lipinski definition) is 3. The van der Waals surface area contributed by atoms with E-state index >= 15 is 0 Å². The van der Waals surface area contributed by atoms with Crippen molar-refractivity contribution in [1.82, 2.24) is 10.2 Å². The molecular weight excluding hydrogens is 222 g/mol. The second-order valence-corrected chi connectivity index (χ2v) is 4.42.